The van der Waals surface area contributed by atoms with Crippen LogP contribution in [-0.2, 0) is 6.54 Å². The molecule has 0 amide bonds. The van der Waals surface area contributed by atoms with Crippen molar-refractivity contribution in [3.63, 3.8) is 0 Å². The summed E-state index contributed by atoms with van der Waals surface area (Å²) in [5.41, 5.74) is 0.787. The smallest absolute Gasteiger partial charge is 0.316 e. The number of rotatable bonds is 5. The number of aromatic nitrogens is 5. The van der Waals surface area contributed by atoms with Crippen LogP contribution in [0.1, 0.15) is 0 Å². The first-order chi connectivity index (χ1) is 9.85. The van der Waals surface area contributed by atoms with Gasteiger partial charge in [-0.2, -0.15) is 10.1 Å². The fraction of sp³-hybridized carbons (Fsp3) is 0.231. The second-order valence-electron chi connectivity index (χ2n) is 4.08. The van der Waals surface area contributed by atoms with E-state index in [1.165, 1.54) is 6.33 Å². The summed E-state index contributed by atoms with van der Waals surface area (Å²) in [4.78, 5) is 12.2. The number of hydrogen-bond acceptors (Lipinski definition) is 6. The zero-order valence-electron chi connectivity index (χ0n) is 11.3. The van der Waals surface area contributed by atoms with E-state index >= 15 is 0 Å². The molecule has 8 heteroatoms. The standard InChI is InChI=1S/C13H13N5O2.ClH/c1-19-13-15-7-10-2-3-11(6-12(10)17-13)20-5-4-18-9-14-8-16-18;/h2-3,6-9H,4-5H2,1H3;1H. The zero-order valence-corrected chi connectivity index (χ0v) is 12.2. The topological polar surface area (TPSA) is 75.0 Å². The van der Waals surface area contributed by atoms with Gasteiger partial charge in [-0.05, 0) is 12.1 Å². The van der Waals surface area contributed by atoms with Gasteiger partial charge in [0.25, 0.3) is 0 Å². The van der Waals surface area contributed by atoms with E-state index in [0.717, 1.165) is 16.7 Å². The third-order valence-electron chi connectivity index (χ3n) is 2.77. The number of halogens is 1. The summed E-state index contributed by atoms with van der Waals surface area (Å²) < 4.78 is 12.4. The summed E-state index contributed by atoms with van der Waals surface area (Å²) in [6.07, 6.45) is 4.88. The minimum atomic E-state index is 0. The Kier molecular flexibility index (Phi) is 4.89. The van der Waals surface area contributed by atoms with Crippen LogP contribution in [0.4, 0.5) is 0 Å². The molecule has 0 aliphatic rings. The lowest BCUT2D eigenvalue weighted by molar-refractivity contribution is 0.291. The number of methoxy groups -OCH3 is 1. The van der Waals surface area contributed by atoms with Gasteiger partial charge in [0.1, 0.15) is 25.0 Å². The molecule has 1 aromatic carbocycles. The molecule has 0 radical (unpaired) electrons. The highest BCUT2D eigenvalue weighted by atomic mass is 35.5. The van der Waals surface area contributed by atoms with E-state index in [0.29, 0.717) is 19.2 Å². The highest BCUT2D eigenvalue weighted by Crippen LogP contribution is 2.20. The van der Waals surface area contributed by atoms with Crippen molar-refractivity contribution < 1.29 is 9.47 Å². The van der Waals surface area contributed by atoms with Gasteiger partial charge >= 0.3 is 6.01 Å². The summed E-state index contributed by atoms with van der Waals surface area (Å²) in [6.45, 7) is 1.15. The maximum Gasteiger partial charge on any atom is 0.316 e. The minimum Gasteiger partial charge on any atom is -0.492 e. The molecule has 0 unspecified atom stereocenters. The molecule has 2 heterocycles. The first-order valence-corrected chi connectivity index (χ1v) is 6.11. The quantitative estimate of drug-likeness (QED) is 0.714. The molecule has 0 saturated carbocycles. The summed E-state index contributed by atoms with van der Waals surface area (Å²) in [7, 11) is 1.54. The summed E-state index contributed by atoms with van der Waals surface area (Å²) in [6, 6.07) is 6.01. The van der Waals surface area contributed by atoms with E-state index < -0.39 is 0 Å². The van der Waals surface area contributed by atoms with Crippen LogP contribution in [0.15, 0.2) is 37.1 Å². The van der Waals surface area contributed by atoms with E-state index in [1.807, 2.05) is 18.2 Å². The van der Waals surface area contributed by atoms with Crippen LogP contribution in [0.3, 0.4) is 0 Å². The van der Waals surface area contributed by atoms with Crippen molar-refractivity contribution in [2.45, 2.75) is 6.54 Å². The van der Waals surface area contributed by atoms with Crippen LogP contribution in [0, 0.1) is 0 Å². The van der Waals surface area contributed by atoms with Gasteiger partial charge in [-0.3, -0.25) is 0 Å². The second kappa shape index (κ2) is 6.85. The van der Waals surface area contributed by atoms with Crippen LogP contribution >= 0.6 is 12.4 Å². The zero-order chi connectivity index (χ0) is 13.8. The molecule has 0 bridgehead atoms. The highest BCUT2D eigenvalue weighted by molar-refractivity contribution is 5.85. The lowest BCUT2D eigenvalue weighted by Gasteiger charge is -2.07. The average Bonchev–Trinajstić information content (AvgIpc) is 3.00. The average molecular weight is 308 g/mol. The van der Waals surface area contributed by atoms with Crippen molar-refractivity contribution in [3.8, 4) is 11.8 Å². The van der Waals surface area contributed by atoms with Gasteiger partial charge in [0, 0.05) is 17.6 Å². The van der Waals surface area contributed by atoms with Crippen molar-refractivity contribution >= 4 is 23.3 Å². The lowest BCUT2D eigenvalue weighted by atomic mass is 10.2. The van der Waals surface area contributed by atoms with Gasteiger partial charge in [-0.15, -0.1) is 12.4 Å². The molecule has 0 fully saturated rings. The Morgan fingerprint density at radius 1 is 1.29 bits per heavy atom. The van der Waals surface area contributed by atoms with E-state index in [1.54, 1.807) is 24.3 Å². The molecule has 0 spiro atoms. The molecule has 0 N–H and O–H groups in total. The van der Waals surface area contributed by atoms with E-state index in [9.17, 15) is 0 Å². The molecule has 7 nitrogen and oxygen atoms in total. The van der Waals surface area contributed by atoms with Gasteiger partial charge < -0.3 is 9.47 Å². The molecular weight excluding hydrogens is 294 g/mol. The van der Waals surface area contributed by atoms with E-state index in [2.05, 4.69) is 20.1 Å². The van der Waals surface area contributed by atoms with Gasteiger partial charge in [0.05, 0.1) is 19.2 Å². The molecule has 21 heavy (non-hydrogen) atoms. The number of ether oxygens (including phenoxy) is 2. The number of benzene rings is 1. The van der Waals surface area contributed by atoms with E-state index in [4.69, 9.17) is 9.47 Å². The maximum atomic E-state index is 5.67. The van der Waals surface area contributed by atoms with Crippen LogP contribution < -0.4 is 9.47 Å². The molecule has 3 aromatic rings. The minimum absolute atomic E-state index is 0. The van der Waals surface area contributed by atoms with Gasteiger partial charge in [-0.25, -0.2) is 14.6 Å². The maximum absolute atomic E-state index is 5.67. The van der Waals surface area contributed by atoms with Crippen LogP contribution in [0.2, 0.25) is 0 Å². The first-order valence-electron chi connectivity index (χ1n) is 6.11. The van der Waals surface area contributed by atoms with Crippen molar-refractivity contribution in [2.75, 3.05) is 13.7 Å². The Morgan fingerprint density at radius 2 is 2.19 bits per heavy atom. The third kappa shape index (κ3) is 3.57. The first kappa shape index (κ1) is 15.0. The normalized spacial score (nSPS) is 10.1. The summed E-state index contributed by atoms with van der Waals surface area (Å²) in [5.74, 6) is 0.748. The molecule has 0 saturated heterocycles. The molecular formula is C13H14ClN5O2. The fourth-order valence-electron chi connectivity index (χ4n) is 1.78. The van der Waals surface area contributed by atoms with E-state index in [-0.39, 0.29) is 12.4 Å². The van der Waals surface area contributed by atoms with Crippen molar-refractivity contribution in [2.24, 2.45) is 0 Å². The van der Waals surface area contributed by atoms with Crippen molar-refractivity contribution in [1.82, 2.24) is 24.7 Å². The fourth-order valence-corrected chi connectivity index (χ4v) is 1.78. The van der Waals surface area contributed by atoms with Gasteiger partial charge in [0.15, 0.2) is 0 Å². The van der Waals surface area contributed by atoms with Crippen LogP contribution in [0.25, 0.3) is 10.9 Å². The Morgan fingerprint density at radius 3 is 2.95 bits per heavy atom. The predicted octanol–water partition coefficient (Wildman–Crippen LogP) is 1.73. The van der Waals surface area contributed by atoms with Gasteiger partial charge in [0.2, 0.25) is 0 Å². The predicted molar refractivity (Wildman–Crippen MR) is 78.9 cm³/mol. The third-order valence-corrected chi connectivity index (χ3v) is 2.77. The molecule has 2 aromatic heterocycles. The molecule has 3 rings (SSSR count). The number of nitrogens with zero attached hydrogens (tertiary/aromatic N) is 5. The Hall–Kier alpha value is -2.41. The monoisotopic (exact) mass is 307 g/mol. The van der Waals surface area contributed by atoms with Crippen molar-refractivity contribution in [3.05, 3.63) is 37.1 Å². The molecule has 110 valence electrons. The van der Waals surface area contributed by atoms with Crippen LogP contribution in [-0.4, -0.2) is 38.4 Å². The summed E-state index contributed by atoms with van der Waals surface area (Å²) >= 11 is 0. The van der Waals surface area contributed by atoms with Gasteiger partial charge in [-0.1, -0.05) is 0 Å². The van der Waals surface area contributed by atoms with Crippen LogP contribution in [0.5, 0.6) is 11.8 Å². The Bertz CT molecular complexity index is 705. The lowest BCUT2D eigenvalue weighted by Crippen LogP contribution is -2.08. The molecule has 0 aliphatic carbocycles. The largest absolute Gasteiger partial charge is 0.492 e. The molecule has 0 atom stereocenters. The Balaban J connectivity index is 0.00000161. The summed E-state index contributed by atoms with van der Waals surface area (Å²) in [5, 5.41) is 4.95. The second-order valence-corrected chi connectivity index (χ2v) is 4.08. The Labute approximate surface area is 127 Å². The van der Waals surface area contributed by atoms with Crippen molar-refractivity contribution in [1.29, 1.82) is 0 Å². The molecule has 0 aliphatic heterocycles. The number of hydrogen-bond donors (Lipinski definition) is 0. The SMILES string of the molecule is COc1ncc2ccc(OCCn3cncn3)cc2n1.Cl. The highest BCUT2D eigenvalue weighted by Gasteiger charge is 2.02. The number of fused-ring (bicyclic) bond motifs is 1.